The van der Waals surface area contributed by atoms with Gasteiger partial charge in [-0.15, -0.1) is 11.3 Å². The first-order valence-corrected chi connectivity index (χ1v) is 17.7. The van der Waals surface area contributed by atoms with Gasteiger partial charge in [0.1, 0.15) is 23.0 Å². The summed E-state index contributed by atoms with van der Waals surface area (Å²) in [5, 5.41) is 8.36. The average molecular weight is 660 g/mol. The van der Waals surface area contributed by atoms with Crippen molar-refractivity contribution in [2.45, 2.75) is 12.0 Å². The molecule has 2 unspecified atom stereocenters. The third-order valence-corrected chi connectivity index (χ3v) is 11.7. The Hall–Kier alpha value is -6.24. The molecule has 0 amide bonds. The molecular formula is C44H25N3O2S. The Kier molecular flexibility index (Phi) is 5.17. The predicted molar refractivity (Wildman–Crippen MR) is 205 cm³/mol. The summed E-state index contributed by atoms with van der Waals surface area (Å²) in [7, 11) is 0. The molecule has 1 aliphatic carbocycles. The maximum atomic E-state index is 6.72. The summed E-state index contributed by atoms with van der Waals surface area (Å²) in [6, 6.07) is 42.7. The Morgan fingerprint density at radius 3 is 2.32 bits per heavy atom. The first-order valence-electron chi connectivity index (χ1n) is 16.9. The van der Waals surface area contributed by atoms with Crippen LogP contribution in [0, 0.1) is 0 Å². The highest BCUT2D eigenvalue weighted by atomic mass is 32.1. The molecule has 6 aromatic carbocycles. The van der Waals surface area contributed by atoms with E-state index in [1.165, 1.54) is 47.3 Å². The summed E-state index contributed by atoms with van der Waals surface area (Å²) >= 11 is 1.87. The van der Waals surface area contributed by atoms with E-state index in [1.807, 2.05) is 41.7 Å². The van der Waals surface area contributed by atoms with Gasteiger partial charge in [-0.25, -0.2) is 9.97 Å². The fourth-order valence-corrected chi connectivity index (χ4v) is 9.64. The highest BCUT2D eigenvalue weighted by Gasteiger charge is 2.34. The Morgan fingerprint density at radius 2 is 1.40 bits per heavy atom. The van der Waals surface area contributed by atoms with Gasteiger partial charge in [-0.1, -0.05) is 103 Å². The highest BCUT2D eigenvalue weighted by Crippen LogP contribution is 2.49. The van der Waals surface area contributed by atoms with Crippen LogP contribution >= 0.6 is 11.3 Å². The number of para-hydroxylation sites is 3. The zero-order valence-corrected chi connectivity index (χ0v) is 27.3. The second-order valence-electron chi connectivity index (χ2n) is 13.2. The quantitative estimate of drug-likeness (QED) is 0.185. The van der Waals surface area contributed by atoms with Crippen LogP contribution < -0.4 is 4.74 Å². The van der Waals surface area contributed by atoms with E-state index >= 15 is 0 Å². The summed E-state index contributed by atoms with van der Waals surface area (Å²) in [6.07, 6.45) is 6.49. The van der Waals surface area contributed by atoms with E-state index in [1.54, 1.807) is 0 Å². The van der Waals surface area contributed by atoms with Crippen LogP contribution in [0.2, 0.25) is 0 Å². The van der Waals surface area contributed by atoms with Crippen molar-refractivity contribution in [1.82, 2.24) is 14.5 Å². The first-order chi connectivity index (χ1) is 24.8. The lowest BCUT2D eigenvalue weighted by molar-refractivity contribution is 0.269. The maximum Gasteiger partial charge on any atom is 0.197 e. The molecule has 12 rings (SSSR count). The van der Waals surface area contributed by atoms with Crippen molar-refractivity contribution in [3.63, 3.8) is 0 Å². The van der Waals surface area contributed by atoms with Crippen molar-refractivity contribution in [2.24, 2.45) is 0 Å². The lowest BCUT2D eigenvalue weighted by atomic mass is 9.89. The van der Waals surface area contributed by atoms with Crippen molar-refractivity contribution >= 4 is 91.7 Å². The molecule has 5 nitrogen and oxygen atoms in total. The number of hydrogen-bond acceptors (Lipinski definition) is 5. The largest absolute Gasteiger partial charge is 0.485 e. The lowest BCUT2D eigenvalue weighted by Crippen LogP contribution is -2.17. The monoisotopic (exact) mass is 659 g/mol. The third kappa shape index (κ3) is 3.45. The number of nitrogens with zero attached hydrogens (tertiary/aromatic N) is 3. The zero-order chi connectivity index (χ0) is 32.5. The van der Waals surface area contributed by atoms with E-state index in [9.17, 15) is 0 Å². The number of furan rings is 1. The molecule has 0 spiro atoms. The Balaban J connectivity index is 1.24. The van der Waals surface area contributed by atoms with Gasteiger partial charge < -0.3 is 9.15 Å². The second-order valence-corrected chi connectivity index (χ2v) is 14.3. The SMILES string of the molecule is C1=CC2Oc3ccccc3C2C=C1c1nc(-n2c3ccccc3c3c4c5ccccc5sc4c4ccccc4c32)c2oc3ccccc3c2n1. The number of aromatic nitrogens is 3. The molecule has 0 bridgehead atoms. The molecule has 50 heavy (non-hydrogen) atoms. The number of allylic oxidation sites excluding steroid dienone is 2. The molecule has 0 N–H and O–H groups in total. The average Bonchev–Trinajstić information content (AvgIpc) is 3.93. The van der Waals surface area contributed by atoms with Crippen LogP contribution in [0.25, 0.3) is 86.2 Å². The molecule has 0 saturated carbocycles. The highest BCUT2D eigenvalue weighted by molar-refractivity contribution is 7.27. The summed E-state index contributed by atoms with van der Waals surface area (Å²) in [6.45, 7) is 0. The molecule has 6 heteroatoms. The van der Waals surface area contributed by atoms with Gasteiger partial charge >= 0.3 is 0 Å². The molecule has 10 aromatic rings. The van der Waals surface area contributed by atoms with Gasteiger partial charge in [0.2, 0.25) is 0 Å². The molecule has 1 aliphatic heterocycles. The normalized spacial score (nSPS) is 17.0. The van der Waals surface area contributed by atoms with Gasteiger partial charge in [-0.3, -0.25) is 4.57 Å². The molecule has 0 saturated heterocycles. The third-order valence-electron chi connectivity index (χ3n) is 10.5. The van der Waals surface area contributed by atoms with Gasteiger partial charge in [-0.05, 0) is 36.4 Å². The Bertz CT molecular complexity index is 3160. The van der Waals surface area contributed by atoms with Gasteiger partial charge in [-0.2, -0.15) is 0 Å². The van der Waals surface area contributed by atoms with E-state index < -0.39 is 0 Å². The standard InChI is InChI=1S/C44H25N3O2S/c1-2-13-27-26(12-1)40-37(38-30-16-6-10-20-36(30)50-42(27)38)28-14-3-7-17-32(28)47(40)44-41-39(29-15-5-9-19-34(29)49-41)45-43(46-44)24-21-22-35-31(23-24)25-11-4-8-18-33(25)48-35/h1-23,31,35H. The summed E-state index contributed by atoms with van der Waals surface area (Å²) in [5.74, 6) is 2.42. The van der Waals surface area contributed by atoms with Crippen molar-refractivity contribution in [3.8, 4) is 11.6 Å². The minimum Gasteiger partial charge on any atom is -0.485 e. The van der Waals surface area contributed by atoms with Gasteiger partial charge in [0.25, 0.3) is 0 Å². The smallest absolute Gasteiger partial charge is 0.197 e. The number of fused-ring (bicyclic) bond motifs is 16. The second kappa shape index (κ2) is 9.68. The van der Waals surface area contributed by atoms with Crippen molar-refractivity contribution < 1.29 is 9.15 Å². The summed E-state index contributed by atoms with van der Waals surface area (Å²) < 4.78 is 17.9. The van der Waals surface area contributed by atoms with Gasteiger partial charge in [0.05, 0.1) is 11.0 Å². The van der Waals surface area contributed by atoms with Crippen molar-refractivity contribution in [3.05, 3.63) is 151 Å². The van der Waals surface area contributed by atoms with E-state index in [0.29, 0.717) is 11.4 Å². The van der Waals surface area contributed by atoms with Crippen LogP contribution in [-0.2, 0) is 0 Å². The Morgan fingerprint density at radius 1 is 0.660 bits per heavy atom. The molecule has 0 radical (unpaired) electrons. The van der Waals surface area contributed by atoms with Crippen LogP contribution in [0.1, 0.15) is 17.3 Å². The van der Waals surface area contributed by atoms with E-state index in [-0.39, 0.29) is 12.0 Å². The lowest BCUT2D eigenvalue weighted by Gasteiger charge is -2.18. The maximum absolute atomic E-state index is 6.72. The molecule has 2 atom stereocenters. The van der Waals surface area contributed by atoms with E-state index in [0.717, 1.165) is 44.7 Å². The van der Waals surface area contributed by atoms with Crippen LogP contribution in [0.3, 0.4) is 0 Å². The van der Waals surface area contributed by atoms with Crippen molar-refractivity contribution in [1.29, 1.82) is 0 Å². The van der Waals surface area contributed by atoms with E-state index in [4.69, 9.17) is 19.1 Å². The molecule has 234 valence electrons. The molecular weight excluding hydrogens is 635 g/mol. The summed E-state index contributed by atoms with van der Waals surface area (Å²) in [4.78, 5) is 10.7. The minimum absolute atomic E-state index is 0.0411. The fourth-order valence-electron chi connectivity index (χ4n) is 8.40. The molecule has 0 fully saturated rings. The van der Waals surface area contributed by atoms with Crippen LogP contribution in [0.4, 0.5) is 0 Å². The number of hydrogen-bond donors (Lipinski definition) is 0. The summed E-state index contributed by atoms with van der Waals surface area (Å²) in [5.41, 5.74) is 6.62. The Labute approximate surface area is 289 Å². The predicted octanol–water partition coefficient (Wildman–Crippen LogP) is 11.5. The van der Waals surface area contributed by atoms with Gasteiger partial charge in [0.15, 0.2) is 17.2 Å². The van der Waals surface area contributed by atoms with Crippen LogP contribution in [0.5, 0.6) is 5.75 Å². The van der Waals surface area contributed by atoms with E-state index in [2.05, 4.69) is 114 Å². The first kappa shape index (κ1) is 26.7. The topological polar surface area (TPSA) is 53.1 Å². The van der Waals surface area contributed by atoms with Crippen molar-refractivity contribution in [2.75, 3.05) is 0 Å². The fraction of sp³-hybridized carbons (Fsp3) is 0.0455. The zero-order valence-electron chi connectivity index (χ0n) is 26.5. The molecule has 5 heterocycles. The van der Waals surface area contributed by atoms with Crippen LogP contribution in [-0.4, -0.2) is 20.6 Å². The molecule has 2 aliphatic rings. The number of rotatable bonds is 2. The van der Waals surface area contributed by atoms with Gasteiger partial charge in [0, 0.05) is 64.2 Å². The number of thiophene rings is 1. The minimum atomic E-state index is -0.0411. The van der Waals surface area contributed by atoms with Crippen LogP contribution in [0.15, 0.2) is 144 Å². The molecule has 4 aromatic heterocycles. The number of benzene rings is 6. The number of ether oxygens (including phenoxy) is 1.